The topological polar surface area (TPSA) is 34.9 Å². The van der Waals surface area contributed by atoms with Gasteiger partial charge in [0.25, 0.3) is 0 Å². The summed E-state index contributed by atoms with van der Waals surface area (Å²) in [4.78, 5) is 11.7. The minimum Gasteiger partial charge on any atom is -0.292 e. The van der Waals surface area contributed by atoms with E-state index in [0.717, 1.165) is 17.7 Å². The molecule has 1 aromatic rings. The molecule has 0 aliphatic rings. The molecule has 0 radical (unpaired) electrons. The summed E-state index contributed by atoms with van der Waals surface area (Å²) in [6.07, 6.45) is 1.28. The van der Waals surface area contributed by atoms with E-state index in [9.17, 15) is 4.79 Å². The number of hydrogen-bond acceptors (Lipinski definition) is 2. The van der Waals surface area contributed by atoms with Crippen LogP contribution < -0.4 is 0 Å². The third-order valence-electron chi connectivity index (χ3n) is 2.07. The number of rotatable bonds is 4. The number of nitrogens with zero attached hydrogens (tertiary/aromatic N) is 2. The summed E-state index contributed by atoms with van der Waals surface area (Å²) in [7, 11) is 1.79. The van der Waals surface area contributed by atoms with Crippen LogP contribution in [-0.4, -0.2) is 15.6 Å². The molecule has 0 aliphatic carbocycles. The summed E-state index contributed by atoms with van der Waals surface area (Å²) >= 11 is 0. The maximum absolute atomic E-state index is 11.7. The molecular weight excluding hydrogens is 176 g/mol. The Morgan fingerprint density at radius 1 is 1.57 bits per heavy atom. The molecule has 0 saturated heterocycles. The van der Waals surface area contributed by atoms with Crippen molar-refractivity contribution in [3.63, 3.8) is 0 Å². The van der Waals surface area contributed by atoms with Crippen LogP contribution >= 0.6 is 0 Å². The second kappa shape index (κ2) is 4.22. The molecule has 0 fully saturated rings. The molecule has 3 nitrogen and oxygen atoms in total. The van der Waals surface area contributed by atoms with E-state index in [1.54, 1.807) is 11.7 Å². The first-order valence-corrected chi connectivity index (χ1v) is 4.69. The molecule has 14 heavy (non-hydrogen) atoms. The minimum absolute atomic E-state index is 0.135. The van der Waals surface area contributed by atoms with Crippen LogP contribution in [-0.2, 0) is 7.05 Å². The normalized spacial score (nSPS) is 10.2. The van der Waals surface area contributed by atoms with Gasteiger partial charge in [0.15, 0.2) is 5.78 Å². The van der Waals surface area contributed by atoms with Crippen LogP contribution in [0.3, 0.4) is 0 Å². The van der Waals surface area contributed by atoms with Crippen LogP contribution in [0.1, 0.15) is 35.9 Å². The lowest BCUT2D eigenvalue weighted by atomic mass is 10.1. The van der Waals surface area contributed by atoms with E-state index in [1.165, 1.54) is 0 Å². The van der Waals surface area contributed by atoms with E-state index in [-0.39, 0.29) is 5.78 Å². The Hall–Kier alpha value is -1.38. The summed E-state index contributed by atoms with van der Waals surface area (Å²) in [5, 5.41) is 4.13. The van der Waals surface area contributed by atoms with Crippen LogP contribution in [0, 0.1) is 6.92 Å². The van der Waals surface area contributed by atoms with Gasteiger partial charge < -0.3 is 0 Å². The van der Waals surface area contributed by atoms with Gasteiger partial charge in [0, 0.05) is 13.5 Å². The fourth-order valence-corrected chi connectivity index (χ4v) is 1.33. The monoisotopic (exact) mass is 192 g/mol. The van der Waals surface area contributed by atoms with E-state index in [1.807, 2.05) is 19.9 Å². The third kappa shape index (κ3) is 2.55. The summed E-state index contributed by atoms with van der Waals surface area (Å²) in [6, 6.07) is 1.82. The predicted molar refractivity (Wildman–Crippen MR) is 56.3 cm³/mol. The zero-order valence-electron chi connectivity index (χ0n) is 9.00. The average molecular weight is 192 g/mol. The number of aromatic nitrogens is 2. The van der Waals surface area contributed by atoms with Gasteiger partial charge in [-0.25, -0.2) is 0 Å². The summed E-state index contributed by atoms with van der Waals surface area (Å²) in [5.41, 5.74) is 2.60. The first-order chi connectivity index (χ1) is 6.50. The van der Waals surface area contributed by atoms with Crippen molar-refractivity contribution in [1.82, 2.24) is 9.78 Å². The lowest BCUT2D eigenvalue weighted by molar-refractivity contribution is 0.0973. The Morgan fingerprint density at radius 3 is 2.64 bits per heavy atom. The van der Waals surface area contributed by atoms with Crippen molar-refractivity contribution in [2.75, 3.05) is 0 Å². The Bertz CT molecular complexity index is 363. The van der Waals surface area contributed by atoms with Crippen molar-refractivity contribution < 1.29 is 4.79 Å². The maximum atomic E-state index is 11.7. The summed E-state index contributed by atoms with van der Waals surface area (Å²) < 4.78 is 1.64. The molecular formula is C11H16N2O. The van der Waals surface area contributed by atoms with Crippen molar-refractivity contribution in [1.29, 1.82) is 0 Å². The summed E-state index contributed by atoms with van der Waals surface area (Å²) in [5.74, 6) is 0.135. The van der Waals surface area contributed by atoms with Gasteiger partial charge in [-0.2, -0.15) is 5.10 Å². The SMILES string of the molecule is C=C(C)CCC(=O)c1cc(C)nn1C. The van der Waals surface area contributed by atoms with Crippen molar-refractivity contribution in [2.45, 2.75) is 26.7 Å². The van der Waals surface area contributed by atoms with E-state index in [2.05, 4.69) is 11.7 Å². The molecule has 0 N–H and O–H groups in total. The van der Waals surface area contributed by atoms with Gasteiger partial charge in [-0.05, 0) is 26.3 Å². The molecule has 3 heteroatoms. The van der Waals surface area contributed by atoms with Gasteiger partial charge in [0.1, 0.15) is 5.69 Å². The van der Waals surface area contributed by atoms with Crippen LogP contribution in [0.15, 0.2) is 18.2 Å². The van der Waals surface area contributed by atoms with Gasteiger partial charge in [-0.15, -0.1) is 6.58 Å². The van der Waals surface area contributed by atoms with Gasteiger partial charge in [-0.1, -0.05) is 5.57 Å². The van der Waals surface area contributed by atoms with Crippen LogP contribution in [0.25, 0.3) is 0 Å². The molecule has 0 saturated carbocycles. The highest BCUT2D eigenvalue weighted by atomic mass is 16.1. The molecule has 0 bridgehead atoms. The molecule has 76 valence electrons. The third-order valence-corrected chi connectivity index (χ3v) is 2.07. The zero-order valence-corrected chi connectivity index (χ0v) is 9.00. The number of allylic oxidation sites excluding steroid dienone is 1. The highest BCUT2D eigenvalue weighted by molar-refractivity contribution is 5.94. The molecule has 0 atom stereocenters. The average Bonchev–Trinajstić information content (AvgIpc) is 2.41. The summed E-state index contributed by atoms with van der Waals surface area (Å²) in [6.45, 7) is 7.59. The highest BCUT2D eigenvalue weighted by Crippen LogP contribution is 2.09. The smallest absolute Gasteiger partial charge is 0.181 e. The first-order valence-electron chi connectivity index (χ1n) is 4.69. The van der Waals surface area contributed by atoms with Crippen molar-refractivity contribution in [3.05, 3.63) is 29.6 Å². The van der Waals surface area contributed by atoms with E-state index >= 15 is 0 Å². The Kier molecular flexibility index (Phi) is 3.23. The minimum atomic E-state index is 0.135. The first kappa shape index (κ1) is 10.7. The number of hydrogen-bond donors (Lipinski definition) is 0. The zero-order chi connectivity index (χ0) is 10.7. The molecule has 0 amide bonds. The Balaban J connectivity index is 2.69. The van der Waals surface area contributed by atoms with Gasteiger partial charge in [-0.3, -0.25) is 9.48 Å². The van der Waals surface area contributed by atoms with E-state index < -0.39 is 0 Å². The Labute approximate surface area is 84.4 Å². The number of ketones is 1. The lowest BCUT2D eigenvalue weighted by Crippen LogP contribution is -2.06. The quantitative estimate of drug-likeness (QED) is 0.542. The van der Waals surface area contributed by atoms with E-state index in [4.69, 9.17) is 0 Å². The molecule has 1 heterocycles. The van der Waals surface area contributed by atoms with Crippen molar-refractivity contribution in [2.24, 2.45) is 7.05 Å². The number of carbonyl (C=O) groups excluding carboxylic acids is 1. The van der Waals surface area contributed by atoms with Crippen LogP contribution in [0.4, 0.5) is 0 Å². The van der Waals surface area contributed by atoms with Gasteiger partial charge in [0.05, 0.1) is 5.69 Å². The second-order valence-corrected chi connectivity index (χ2v) is 3.67. The largest absolute Gasteiger partial charge is 0.292 e. The number of Topliss-reactive ketones (excluding diaryl/α,β-unsaturated/α-hetero) is 1. The van der Waals surface area contributed by atoms with Crippen molar-refractivity contribution in [3.8, 4) is 0 Å². The van der Waals surface area contributed by atoms with Gasteiger partial charge >= 0.3 is 0 Å². The predicted octanol–water partition coefficient (Wildman–Crippen LogP) is 2.27. The number of aryl methyl sites for hydroxylation is 2. The fraction of sp³-hybridized carbons (Fsp3) is 0.455. The van der Waals surface area contributed by atoms with Gasteiger partial charge in [0.2, 0.25) is 0 Å². The molecule has 1 aromatic heterocycles. The maximum Gasteiger partial charge on any atom is 0.181 e. The molecule has 0 aliphatic heterocycles. The molecule has 1 rings (SSSR count). The van der Waals surface area contributed by atoms with E-state index in [0.29, 0.717) is 12.1 Å². The van der Waals surface area contributed by atoms with Crippen LogP contribution in [0.2, 0.25) is 0 Å². The molecule has 0 unspecified atom stereocenters. The second-order valence-electron chi connectivity index (χ2n) is 3.67. The fourth-order valence-electron chi connectivity index (χ4n) is 1.33. The number of carbonyl (C=O) groups is 1. The molecule has 0 spiro atoms. The molecule has 0 aromatic carbocycles. The lowest BCUT2D eigenvalue weighted by Gasteiger charge is -2.00. The van der Waals surface area contributed by atoms with Crippen molar-refractivity contribution >= 4 is 5.78 Å². The standard InChI is InChI=1S/C11H16N2O/c1-8(2)5-6-11(14)10-7-9(3)12-13(10)4/h7H,1,5-6H2,2-4H3. The Morgan fingerprint density at radius 2 is 2.21 bits per heavy atom. The van der Waals surface area contributed by atoms with Crippen LogP contribution in [0.5, 0.6) is 0 Å². The highest BCUT2D eigenvalue weighted by Gasteiger charge is 2.10.